The minimum absolute atomic E-state index is 0.0235. The van der Waals surface area contributed by atoms with E-state index in [9.17, 15) is 19.5 Å². The standard InChI is InChI=1S/C21H19N5O5/c1-11(27)24-14-4-2-12(3-5-14)16(18(22)28)26-17-15(21(29)30)6-8-23-19(17)25-20(26)13-7-9-31-10-13/h2-10,16,20H,1H3,(H2,22,28)(H,23,25)(H,24,27)(H,29,30). The van der Waals surface area contributed by atoms with Crippen molar-refractivity contribution in [2.75, 3.05) is 15.5 Å². The molecule has 2 unspecified atom stereocenters. The molecular formula is C21H19N5O5. The Kier molecular flexibility index (Phi) is 5.04. The van der Waals surface area contributed by atoms with Gasteiger partial charge in [-0.15, -0.1) is 0 Å². The summed E-state index contributed by atoms with van der Waals surface area (Å²) in [5.74, 6) is -1.76. The van der Waals surface area contributed by atoms with Crippen LogP contribution in [0.15, 0.2) is 59.5 Å². The molecule has 0 spiro atoms. The molecular weight excluding hydrogens is 402 g/mol. The maximum absolute atomic E-state index is 12.6. The Morgan fingerprint density at radius 2 is 1.97 bits per heavy atom. The lowest BCUT2D eigenvalue weighted by molar-refractivity contribution is -0.119. The molecule has 10 heteroatoms. The number of carbonyl (C=O) groups excluding carboxylic acids is 2. The maximum Gasteiger partial charge on any atom is 0.338 e. The van der Waals surface area contributed by atoms with E-state index in [1.165, 1.54) is 31.7 Å². The molecule has 0 saturated carbocycles. The van der Waals surface area contributed by atoms with Gasteiger partial charge in [-0.3, -0.25) is 9.59 Å². The molecule has 2 amide bonds. The highest BCUT2D eigenvalue weighted by Crippen LogP contribution is 2.47. The van der Waals surface area contributed by atoms with Gasteiger partial charge in [-0.1, -0.05) is 12.1 Å². The summed E-state index contributed by atoms with van der Waals surface area (Å²) in [6.07, 6.45) is 3.71. The summed E-state index contributed by atoms with van der Waals surface area (Å²) in [5, 5.41) is 15.5. The van der Waals surface area contributed by atoms with Crippen LogP contribution >= 0.6 is 0 Å². The molecule has 158 valence electrons. The van der Waals surface area contributed by atoms with E-state index in [0.717, 1.165) is 0 Å². The van der Waals surface area contributed by atoms with E-state index in [0.29, 0.717) is 22.6 Å². The zero-order valence-electron chi connectivity index (χ0n) is 16.4. The van der Waals surface area contributed by atoms with Crippen molar-refractivity contribution in [1.82, 2.24) is 4.98 Å². The van der Waals surface area contributed by atoms with E-state index in [-0.39, 0.29) is 17.2 Å². The fourth-order valence-electron chi connectivity index (χ4n) is 3.69. The van der Waals surface area contributed by atoms with E-state index >= 15 is 0 Å². The van der Waals surface area contributed by atoms with Crippen LogP contribution in [0.3, 0.4) is 0 Å². The molecule has 0 radical (unpaired) electrons. The molecule has 0 bridgehead atoms. The number of pyridine rings is 1. The number of benzene rings is 1. The second-order valence-corrected chi connectivity index (χ2v) is 6.98. The number of anilines is 3. The molecule has 0 saturated heterocycles. The molecule has 1 aliphatic heterocycles. The van der Waals surface area contributed by atoms with Gasteiger partial charge in [0.15, 0.2) is 5.82 Å². The number of nitrogens with two attached hydrogens (primary N) is 1. The van der Waals surface area contributed by atoms with E-state index in [1.54, 1.807) is 35.2 Å². The highest BCUT2D eigenvalue weighted by atomic mass is 16.4. The molecule has 4 rings (SSSR count). The summed E-state index contributed by atoms with van der Waals surface area (Å²) >= 11 is 0. The number of aromatic nitrogens is 1. The predicted molar refractivity (Wildman–Crippen MR) is 111 cm³/mol. The zero-order chi connectivity index (χ0) is 22.1. The average Bonchev–Trinajstić information content (AvgIpc) is 3.37. The van der Waals surface area contributed by atoms with Crippen molar-refractivity contribution in [2.45, 2.75) is 19.1 Å². The molecule has 2 aromatic heterocycles. The number of nitrogens with zero attached hydrogens (tertiary/aromatic N) is 2. The molecule has 5 N–H and O–H groups in total. The normalized spacial score (nSPS) is 15.6. The summed E-state index contributed by atoms with van der Waals surface area (Å²) in [6, 6.07) is 8.64. The molecule has 3 heterocycles. The van der Waals surface area contributed by atoms with E-state index < -0.39 is 24.1 Å². The molecule has 31 heavy (non-hydrogen) atoms. The summed E-state index contributed by atoms with van der Waals surface area (Å²) in [6.45, 7) is 1.39. The number of furan rings is 1. The second kappa shape index (κ2) is 7.82. The predicted octanol–water partition coefficient (Wildman–Crippen LogP) is 2.49. The molecule has 10 nitrogen and oxygen atoms in total. The van der Waals surface area contributed by atoms with Gasteiger partial charge >= 0.3 is 5.97 Å². The monoisotopic (exact) mass is 421 g/mol. The van der Waals surface area contributed by atoms with Crippen LogP contribution in [-0.2, 0) is 9.59 Å². The van der Waals surface area contributed by atoms with Gasteiger partial charge in [0.2, 0.25) is 11.8 Å². The number of rotatable bonds is 6. The van der Waals surface area contributed by atoms with Crippen molar-refractivity contribution in [3.8, 4) is 0 Å². The van der Waals surface area contributed by atoms with Gasteiger partial charge in [-0.25, -0.2) is 9.78 Å². The third-order valence-electron chi connectivity index (χ3n) is 4.92. The van der Waals surface area contributed by atoms with E-state index in [4.69, 9.17) is 10.2 Å². The lowest BCUT2D eigenvalue weighted by Gasteiger charge is -2.33. The highest BCUT2D eigenvalue weighted by molar-refractivity contribution is 6.01. The van der Waals surface area contributed by atoms with E-state index in [2.05, 4.69) is 15.6 Å². The van der Waals surface area contributed by atoms with Crippen molar-refractivity contribution in [2.24, 2.45) is 5.73 Å². The minimum atomic E-state index is -1.16. The van der Waals surface area contributed by atoms with Crippen LogP contribution in [0, 0.1) is 0 Å². The number of primary amides is 1. The third-order valence-corrected chi connectivity index (χ3v) is 4.92. The molecule has 0 aliphatic carbocycles. The van der Waals surface area contributed by atoms with Crippen molar-refractivity contribution in [1.29, 1.82) is 0 Å². The fraction of sp³-hybridized carbons (Fsp3) is 0.143. The Hall–Kier alpha value is -4.34. The van der Waals surface area contributed by atoms with Gasteiger partial charge in [0, 0.05) is 24.4 Å². The van der Waals surface area contributed by atoms with E-state index in [1.807, 2.05) is 0 Å². The van der Waals surface area contributed by atoms with Gasteiger partial charge in [-0.05, 0) is 29.8 Å². The van der Waals surface area contributed by atoms with Gasteiger partial charge < -0.3 is 30.8 Å². The minimum Gasteiger partial charge on any atom is -0.478 e. The first-order chi connectivity index (χ1) is 14.9. The molecule has 3 aromatic rings. The highest BCUT2D eigenvalue weighted by Gasteiger charge is 2.42. The number of amides is 2. The van der Waals surface area contributed by atoms with Gasteiger partial charge in [0.05, 0.1) is 23.8 Å². The second-order valence-electron chi connectivity index (χ2n) is 6.98. The van der Waals surface area contributed by atoms with Crippen molar-refractivity contribution < 1.29 is 23.9 Å². The van der Waals surface area contributed by atoms with Crippen LogP contribution in [0.2, 0.25) is 0 Å². The first-order valence-electron chi connectivity index (χ1n) is 9.33. The van der Waals surface area contributed by atoms with Crippen LogP contribution < -0.4 is 21.3 Å². The molecule has 0 fully saturated rings. The van der Waals surface area contributed by atoms with Crippen LogP contribution in [-0.4, -0.2) is 27.9 Å². The average molecular weight is 421 g/mol. The number of aromatic carboxylic acids is 1. The number of nitrogens with one attached hydrogen (secondary N) is 2. The SMILES string of the molecule is CC(=O)Nc1ccc(C(C(N)=O)N2c3c(C(=O)O)ccnc3NC2c2ccoc2)cc1. The van der Waals surface area contributed by atoms with Crippen LogP contribution in [0.5, 0.6) is 0 Å². The van der Waals surface area contributed by atoms with Crippen LogP contribution in [0.1, 0.15) is 40.6 Å². The Balaban J connectivity index is 1.85. The quantitative estimate of drug-likeness (QED) is 0.474. The summed E-state index contributed by atoms with van der Waals surface area (Å²) in [4.78, 5) is 41.7. The first-order valence-corrected chi connectivity index (χ1v) is 9.33. The number of hydrogen-bond acceptors (Lipinski definition) is 7. The van der Waals surface area contributed by atoms with Crippen molar-refractivity contribution in [3.63, 3.8) is 0 Å². The Morgan fingerprint density at radius 1 is 1.23 bits per heavy atom. The van der Waals surface area contributed by atoms with Crippen molar-refractivity contribution >= 4 is 35.0 Å². The number of hydrogen-bond donors (Lipinski definition) is 4. The Labute approximate surface area is 176 Å². The molecule has 1 aliphatic rings. The topological polar surface area (TPSA) is 151 Å². The molecule has 2 atom stereocenters. The largest absolute Gasteiger partial charge is 0.478 e. The number of carbonyl (C=O) groups is 3. The Bertz CT molecular complexity index is 1140. The molecule has 1 aromatic carbocycles. The first kappa shape index (κ1) is 20.0. The summed E-state index contributed by atoms with van der Waals surface area (Å²) in [5.41, 5.74) is 7.75. The van der Waals surface area contributed by atoms with Gasteiger partial charge in [-0.2, -0.15) is 0 Å². The van der Waals surface area contributed by atoms with Crippen LogP contribution in [0.25, 0.3) is 0 Å². The third kappa shape index (κ3) is 3.66. The number of carboxylic acids is 1. The van der Waals surface area contributed by atoms with Gasteiger partial charge in [0.1, 0.15) is 12.2 Å². The smallest absolute Gasteiger partial charge is 0.338 e. The lowest BCUT2D eigenvalue weighted by Crippen LogP contribution is -2.40. The maximum atomic E-state index is 12.6. The fourth-order valence-corrected chi connectivity index (χ4v) is 3.69. The Morgan fingerprint density at radius 3 is 2.55 bits per heavy atom. The van der Waals surface area contributed by atoms with Crippen LogP contribution in [0.4, 0.5) is 17.2 Å². The lowest BCUT2D eigenvalue weighted by atomic mass is 10.0. The van der Waals surface area contributed by atoms with Crippen molar-refractivity contribution in [3.05, 3.63) is 71.8 Å². The van der Waals surface area contributed by atoms with Gasteiger partial charge in [0.25, 0.3) is 0 Å². The summed E-state index contributed by atoms with van der Waals surface area (Å²) in [7, 11) is 0. The number of carboxylic acid groups (broad SMARTS) is 1. The zero-order valence-corrected chi connectivity index (χ0v) is 16.4. The number of fused-ring (bicyclic) bond motifs is 1. The summed E-state index contributed by atoms with van der Waals surface area (Å²) < 4.78 is 5.19.